The van der Waals surface area contributed by atoms with Gasteiger partial charge in [0.25, 0.3) is 0 Å². The van der Waals surface area contributed by atoms with Crippen LogP contribution in [0, 0.1) is 0 Å². The fraction of sp³-hybridized carbons (Fsp3) is 0.429. The van der Waals surface area contributed by atoms with Crippen LogP contribution in [0.15, 0.2) is 80.6 Å². The van der Waals surface area contributed by atoms with Crippen LogP contribution < -0.4 is 0 Å². The van der Waals surface area contributed by atoms with Gasteiger partial charge in [-0.2, -0.15) is 9.98 Å². The number of hydrogen-bond donors (Lipinski definition) is 0. The van der Waals surface area contributed by atoms with Gasteiger partial charge in [0.15, 0.2) is 0 Å². The van der Waals surface area contributed by atoms with Crippen molar-refractivity contribution >= 4 is 35.0 Å². The van der Waals surface area contributed by atoms with Gasteiger partial charge >= 0.3 is 0 Å². The Balaban J connectivity index is 1.37. The monoisotopic (exact) mass is 484 g/mol. The summed E-state index contributed by atoms with van der Waals surface area (Å²) in [5, 5.41) is 0. The number of benzene rings is 2. The highest BCUT2D eigenvalue weighted by Crippen LogP contribution is 2.19. The van der Waals surface area contributed by atoms with E-state index in [1.807, 2.05) is 60.7 Å². The highest BCUT2D eigenvalue weighted by Gasteiger charge is 2.25. The Morgan fingerprint density at radius 1 is 0.556 bits per heavy atom. The minimum atomic E-state index is 0.799. The van der Waals surface area contributed by atoms with Crippen LogP contribution in [0.2, 0.25) is 0 Å². The van der Waals surface area contributed by atoms with E-state index >= 15 is 0 Å². The Hall–Kier alpha value is -3.68. The highest BCUT2D eigenvalue weighted by atomic mass is 15.4. The normalized spacial score (nSPS) is 21.8. The van der Waals surface area contributed by atoms with E-state index in [1.54, 1.807) is 0 Å². The van der Waals surface area contributed by atoms with Gasteiger partial charge in [-0.25, -0.2) is 9.98 Å². The summed E-state index contributed by atoms with van der Waals surface area (Å²) in [5.74, 6) is 3.84. The summed E-state index contributed by atoms with van der Waals surface area (Å²) in [6.07, 6.45) is 4.30. The number of hydrogen-bond acceptors (Lipinski definition) is 2. The predicted molar refractivity (Wildman–Crippen MR) is 149 cm³/mol. The molecule has 3 fully saturated rings. The molecule has 2 aromatic rings. The van der Waals surface area contributed by atoms with Gasteiger partial charge in [0.05, 0.1) is 11.4 Å². The topological polar surface area (TPSA) is 62.4 Å². The largest absolute Gasteiger partial charge is 0.363 e. The molecule has 0 aromatic heterocycles. The summed E-state index contributed by atoms with van der Waals surface area (Å²) < 4.78 is 0. The van der Waals surface area contributed by atoms with Crippen molar-refractivity contribution in [1.82, 2.24) is 19.6 Å². The van der Waals surface area contributed by atoms with Gasteiger partial charge in [-0.15, -0.1) is 0 Å². The molecule has 3 heterocycles. The zero-order chi connectivity index (χ0) is 24.7. The van der Waals surface area contributed by atoms with E-state index in [0.717, 1.165) is 99.9 Å². The number of para-hydroxylation sites is 2. The molecule has 0 amide bonds. The fourth-order valence-electron chi connectivity index (χ4n) is 4.78. The van der Waals surface area contributed by atoms with Gasteiger partial charge in [-0.05, 0) is 37.1 Å². The standard InChI is InChI=1S/C28H36N8/c1-33-17-9-15-25(33)31-27(29-23-11-5-3-6-12-23)35-19-21-36(22-20-35)28(30-24-13-7-4-8-14-24)32-26-16-10-18-34(26)2/h3-8,11-14H,9-10,15-22H2,1-2H3. The average Bonchev–Trinajstić information content (AvgIpc) is 3.51. The molecule has 0 atom stereocenters. The molecule has 36 heavy (non-hydrogen) atoms. The summed E-state index contributed by atoms with van der Waals surface area (Å²) in [4.78, 5) is 29.1. The first-order valence-corrected chi connectivity index (χ1v) is 13.0. The van der Waals surface area contributed by atoms with E-state index < -0.39 is 0 Å². The number of aliphatic imine (C=N–C) groups is 4. The van der Waals surface area contributed by atoms with Crippen molar-refractivity contribution in [1.29, 1.82) is 0 Å². The molecule has 3 saturated heterocycles. The van der Waals surface area contributed by atoms with E-state index in [0.29, 0.717) is 0 Å². The lowest BCUT2D eigenvalue weighted by atomic mass is 10.3. The van der Waals surface area contributed by atoms with Gasteiger partial charge in [0.2, 0.25) is 11.9 Å². The molecular formula is C28H36N8. The molecule has 3 aliphatic heterocycles. The fourth-order valence-corrected chi connectivity index (χ4v) is 4.78. The molecule has 2 aromatic carbocycles. The maximum Gasteiger partial charge on any atom is 0.227 e. The highest BCUT2D eigenvalue weighted by molar-refractivity contribution is 5.99. The quantitative estimate of drug-likeness (QED) is 0.473. The first-order chi connectivity index (χ1) is 17.7. The van der Waals surface area contributed by atoms with Gasteiger partial charge < -0.3 is 19.6 Å². The van der Waals surface area contributed by atoms with Crippen molar-refractivity contribution in [3.63, 3.8) is 0 Å². The number of rotatable bonds is 2. The lowest BCUT2D eigenvalue weighted by Crippen LogP contribution is -2.50. The number of piperazine rings is 1. The summed E-state index contributed by atoms with van der Waals surface area (Å²) in [6, 6.07) is 20.3. The van der Waals surface area contributed by atoms with Crippen molar-refractivity contribution in [3.8, 4) is 0 Å². The Morgan fingerprint density at radius 3 is 1.28 bits per heavy atom. The lowest BCUT2D eigenvalue weighted by molar-refractivity contribution is 0.255. The molecular weight excluding hydrogens is 448 g/mol. The number of nitrogens with zero attached hydrogens (tertiary/aromatic N) is 8. The molecule has 8 nitrogen and oxygen atoms in total. The first kappa shape index (κ1) is 24.0. The summed E-state index contributed by atoms with van der Waals surface area (Å²) in [7, 11) is 4.24. The number of likely N-dealkylation sites (tertiary alicyclic amines) is 2. The van der Waals surface area contributed by atoms with Crippen molar-refractivity contribution in [2.75, 3.05) is 53.4 Å². The molecule has 0 unspecified atom stereocenters. The molecule has 0 spiro atoms. The van der Waals surface area contributed by atoms with E-state index in [1.165, 1.54) is 0 Å². The minimum absolute atomic E-state index is 0.799. The van der Waals surface area contributed by atoms with E-state index in [-0.39, 0.29) is 0 Å². The Labute approximate surface area is 214 Å². The molecule has 0 bridgehead atoms. The van der Waals surface area contributed by atoms with Crippen LogP contribution in [0.3, 0.4) is 0 Å². The second-order valence-electron chi connectivity index (χ2n) is 9.58. The van der Waals surface area contributed by atoms with Crippen molar-refractivity contribution in [2.24, 2.45) is 20.0 Å². The minimum Gasteiger partial charge on any atom is -0.363 e. The molecule has 8 heteroatoms. The summed E-state index contributed by atoms with van der Waals surface area (Å²) >= 11 is 0. The molecule has 0 N–H and O–H groups in total. The Kier molecular flexibility index (Phi) is 7.59. The summed E-state index contributed by atoms with van der Waals surface area (Å²) in [5.41, 5.74) is 1.86. The second-order valence-corrected chi connectivity index (χ2v) is 9.58. The van der Waals surface area contributed by atoms with Crippen LogP contribution in [0.25, 0.3) is 0 Å². The smallest absolute Gasteiger partial charge is 0.227 e. The van der Waals surface area contributed by atoms with E-state index in [4.69, 9.17) is 20.0 Å². The molecule has 3 aliphatic rings. The maximum absolute atomic E-state index is 5.04. The van der Waals surface area contributed by atoms with Gasteiger partial charge in [-0.1, -0.05) is 36.4 Å². The van der Waals surface area contributed by atoms with Crippen LogP contribution >= 0.6 is 0 Å². The van der Waals surface area contributed by atoms with E-state index in [2.05, 4.69) is 33.7 Å². The molecule has 0 radical (unpaired) electrons. The number of amidine groups is 2. The van der Waals surface area contributed by atoms with Gasteiger partial charge in [0, 0.05) is 66.2 Å². The first-order valence-electron chi connectivity index (χ1n) is 13.0. The third-order valence-electron chi connectivity index (χ3n) is 6.94. The third kappa shape index (κ3) is 5.93. The van der Waals surface area contributed by atoms with Crippen molar-refractivity contribution in [3.05, 3.63) is 60.7 Å². The zero-order valence-electron chi connectivity index (χ0n) is 21.4. The molecule has 0 saturated carbocycles. The second kappa shape index (κ2) is 11.4. The Morgan fingerprint density at radius 2 is 0.944 bits per heavy atom. The molecule has 0 aliphatic carbocycles. The van der Waals surface area contributed by atoms with Gasteiger partial charge in [-0.3, -0.25) is 0 Å². The van der Waals surface area contributed by atoms with Gasteiger partial charge in [0.1, 0.15) is 11.7 Å². The SMILES string of the molecule is CN1CCCC1=NC(=Nc1ccccc1)N1CCN(C(N=C2CCCN2C)=Nc2ccccc2)CC1. The lowest BCUT2D eigenvalue weighted by Gasteiger charge is -2.36. The van der Waals surface area contributed by atoms with E-state index in [9.17, 15) is 0 Å². The van der Waals surface area contributed by atoms with Crippen LogP contribution in [0.4, 0.5) is 11.4 Å². The predicted octanol–water partition coefficient (Wildman–Crippen LogP) is 4.23. The molecule has 188 valence electrons. The van der Waals surface area contributed by atoms with Crippen molar-refractivity contribution in [2.45, 2.75) is 25.7 Å². The third-order valence-corrected chi connectivity index (χ3v) is 6.94. The average molecular weight is 485 g/mol. The molecule has 5 rings (SSSR count). The zero-order valence-corrected chi connectivity index (χ0v) is 21.4. The number of guanidine groups is 2. The van der Waals surface area contributed by atoms with Crippen LogP contribution in [0.1, 0.15) is 25.7 Å². The Bertz CT molecular complexity index is 1040. The van der Waals surface area contributed by atoms with Crippen LogP contribution in [0.5, 0.6) is 0 Å². The van der Waals surface area contributed by atoms with Crippen LogP contribution in [-0.4, -0.2) is 96.6 Å². The summed E-state index contributed by atoms with van der Waals surface area (Å²) in [6.45, 7) is 5.39. The van der Waals surface area contributed by atoms with Crippen LogP contribution in [-0.2, 0) is 0 Å². The van der Waals surface area contributed by atoms with Crippen molar-refractivity contribution < 1.29 is 0 Å². The maximum atomic E-state index is 5.04.